The first-order valence-corrected chi connectivity index (χ1v) is 23.5. The van der Waals surface area contributed by atoms with Gasteiger partial charge in [-0.2, -0.15) is 87.4 Å². The van der Waals surface area contributed by atoms with Crippen LogP contribution >= 0.6 is 34.4 Å². The predicted molar refractivity (Wildman–Crippen MR) is 218 cm³/mol. The first-order chi connectivity index (χ1) is 30.7. The number of aryl methyl sites for hydroxylation is 1. The van der Waals surface area contributed by atoms with Gasteiger partial charge in [0.05, 0.1) is 10.9 Å². The lowest BCUT2D eigenvalue weighted by Crippen LogP contribution is -2.63. The average Bonchev–Trinajstić information content (AvgIpc) is 3.22. The summed E-state index contributed by atoms with van der Waals surface area (Å²) in [6, 6.07) is 46.2. The standard InChI is InChI=1S/C31H24IS2.2C4HF9O3S/c1-23-12-21-31(32)30(22-23)24-13-15-25(16-14-24)33-26-17-19-29(20-18-26)34(27-8-4-2-5-9-27)28-10-6-3-7-11-28;2*5-1(6,3(9,10)11)2(7,8)4(12,13)17(14,15)16/h2-22H,1H3;2*(H,14,15,16)/q+1;;/p-1. The minimum Gasteiger partial charge on any atom is -0.743 e. The van der Waals surface area contributed by atoms with Gasteiger partial charge >= 0.3 is 56.7 Å². The Balaban J connectivity index is 0.000000305. The molecule has 0 saturated carbocycles. The number of halogens is 19. The molecule has 0 aliphatic rings. The minimum absolute atomic E-state index is 0.108. The molecule has 0 aliphatic heterocycles. The van der Waals surface area contributed by atoms with E-state index < -0.39 is 66.8 Å². The Kier molecular flexibility index (Phi) is 17.9. The second-order valence-electron chi connectivity index (χ2n) is 13.3. The van der Waals surface area contributed by atoms with E-state index in [1.807, 2.05) is 11.8 Å². The van der Waals surface area contributed by atoms with Gasteiger partial charge in [-0.15, -0.1) is 0 Å². The zero-order valence-electron chi connectivity index (χ0n) is 32.9. The molecule has 5 aromatic carbocycles. The van der Waals surface area contributed by atoms with Crippen LogP contribution in [0.2, 0.25) is 0 Å². The Morgan fingerprint density at radius 1 is 0.500 bits per heavy atom. The summed E-state index contributed by atoms with van der Waals surface area (Å²) >= 11 is 4.23. The largest absolute Gasteiger partial charge is 0.743 e. The van der Waals surface area contributed by atoms with Crippen LogP contribution in [0.1, 0.15) is 5.56 Å². The van der Waals surface area contributed by atoms with Crippen molar-refractivity contribution in [2.45, 2.75) is 78.0 Å². The van der Waals surface area contributed by atoms with Crippen LogP contribution in [0.25, 0.3) is 11.1 Å². The fourth-order valence-electron chi connectivity index (χ4n) is 4.90. The molecule has 0 aliphatic carbocycles. The summed E-state index contributed by atoms with van der Waals surface area (Å²) in [4.78, 5) is 6.53. The van der Waals surface area contributed by atoms with Gasteiger partial charge in [0.25, 0.3) is 0 Å². The zero-order chi connectivity index (χ0) is 52.3. The molecule has 6 nitrogen and oxygen atoms in total. The van der Waals surface area contributed by atoms with E-state index in [1.54, 1.807) is 0 Å². The number of alkyl halides is 18. The Morgan fingerprint density at radius 3 is 1.21 bits per heavy atom. The number of hydrogen-bond donors (Lipinski definition) is 1. The van der Waals surface area contributed by atoms with Crippen LogP contribution in [0.15, 0.2) is 152 Å². The highest BCUT2D eigenvalue weighted by Crippen LogP contribution is 2.56. The molecule has 68 heavy (non-hydrogen) atoms. The SMILES string of the molecule is Cc1ccc(I)c(-c2ccc(Sc3ccc([S+](c4ccccc4)c4ccccc4)cc3)cc2)c1.O=S(=O)(O)C(F)(F)C(F)(F)C(F)(F)C(F)(F)F.O=S(=O)([O-])C(F)(F)C(F)(F)C(F)(F)C(F)(F)F. The Labute approximate surface area is 394 Å². The molecule has 1 N–H and O–H groups in total. The van der Waals surface area contributed by atoms with Gasteiger partial charge in [-0.3, -0.25) is 4.55 Å². The van der Waals surface area contributed by atoms with Crippen molar-refractivity contribution in [1.82, 2.24) is 0 Å². The van der Waals surface area contributed by atoms with Crippen LogP contribution < -0.4 is 0 Å². The molecule has 0 fully saturated rings. The maximum absolute atomic E-state index is 12.2. The van der Waals surface area contributed by atoms with Crippen LogP contribution in [0.3, 0.4) is 0 Å². The molecule has 0 atom stereocenters. The molecular weight excluding hydrogens is 1160 g/mol. The summed E-state index contributed by atoms with van der Waals surface area (Å²) in [6.45, 7) is 2.15. The number of hydrogen-bond acceptors (Lipinski definition) is 6. The van der Waals surface area contributed by atoms with E-state index >= 15 is 0 Å². The third kappa shape index (κ3) is 12.3. The van der Waals surface area contributed by atoms with Crippen LogP contribution in [0.5, 0.6) is 0 Å². The Bertz CT molecular complexity index is 2590. The lowest BCUT2D eigenvalue weighted by molar-refractivity contribution is -0.382. The molecule has 0 spiro atoms. The highest BCUT2D eigenvalue weighted by Gasteiger charge is 2.86. The molecule has 0 saturated heterocycles. The highest BCUT2D eigenvalue weighted by atomic mass is 127. The molecule has 0 aromatic heterocycles. The van der Waals surface area contributed by atoms with Crippen molar-refractivity contribution in [3.63, 3.8) is 0 Å². The van der Waals surface area contributed by atoms with Crippen molar-refractivity contribution in [3.8, 4) is 11.1 Å². The second-order valence-corrected chi connectivity index (χ2v) is 20.5. The van der Waals surface area contributed by atoms with E-state index in [2.05, 4.69) is 157 Å². The molecule has 0 radical (unpaired) electrons. The molecule has 0 unspecified atom stereocenters. The van der Waals surface area contributed by atoms with Gasteiger partial charge in [0, 0.05) is 13.4 Å². The van der Waals surface area contributed by atoms with Crippen LogP contribution in [-0.2, 0) is 31.1 Å². The van der Waals surface area contributed by atoms with Crippen LogP contribution in [0, 0.1) is 10.5 Å². The quantitative estimate of drug-likeness (QED) is 0.0573. The summed E-state index contributed by atoms with van der Waals surface area (Å²) < 4.78 is 271. The minimum atomic E-state index is -7.43. The van der Waals surface area contributed by atoms with Gasteiger partial charge in [-0.25, -0.2) is 8.42 Å². The van der Waals surface area contributed by atoms with E-state index in [1.165, 1.54) is 44.7 Å². The Morgan fingerprint density at radius 2 is 0.853 bits per heavy atom. The molecule has 0 amide bonds. The fraction of sp³-hybridized carbons (Fsp3) is 0.231. The van der Waals surface area contributed by atoms with Gasteiger partial charge in [-0.1, -0.05) is 78.0 Å². The number of benzene rings is 5. The maximum atomic E-state index is 12.2. The van der Waals surface area contributed by atoms with Gasteiger partial charge in [0.1, 0.15) is 0 Å². The van der Waals surface area contributed by atoms with E-state index in [0.29, 0.717) is 0 Å². The van der Waals surface area contributed by atoms with E-state index in [4.69, 9.17) is 4.55 Å². The number of rotatable bonds is 12. The van der Waals surface area contributed by atoms with Gasteiger partial charge in [0.15, 0.2) is 24.8 Å². The Hall–Kier alpha value is -3.91. The fourth-order valence-corrected chi connectivity index (χ4v) is 9.35. The van der Waals surface area contributed by atoms with E-state index in [9.17, 15) is 100 Å². The van der Waals surface area contributed by atoms with Gasteiger partial charge < -0.3 is 4.55 Å². The van der Waals surface area contributed by atoms with E-state index in [0.717, 1.165) is 0 Å². The topological polar surface area (TPSA) is 112 Å². The van der Waals surface area contributed by atoms with Crippen molar-refractivity contribution >= 4 is 65.5 Å². The maximum Gasteiger partial charge on any atom is 0.460 e. The molecular formula is C39H25F18IO6S4. The summed E-state index contributed by atoms with van der Waals surface area (Å²) in [5.74, 6) is -29.5. The first kappa shape index (κ1) is 58.4. The van der Waals surface area contributed by atoms with Gasteiger partial charge in [0.2, 0.25) is 0 Å². The molecule has 5 aromatic rings. The second kappa shape index (κ2) is 20.8. The normalized spacial score (nSPS) is 13.6. The monoisotopic (exact) mass is 1190 g/mol. The van der Waals surface area contributed by atoms with Crippen molar-refractivity contribution in [2.75, 3.05) is 0 Å². The summed E-state index contributed by atoms with van der Waals surface area (Å²) in [5, 5.41) is -14.1. The molecule has 0 bridgehead atoms. The summed E-state index contributed by atoms with van der Waals surface area (Å²) in [7, 11) is -14.7. The summed E-state index contributed by atoms with van der Waals surface area (Å²) in [6.07, 6.45) is -14.3. The molecule has 374 valence electrons. The zero-order valence-corrected chi connectivity index (χ0v) is 38.4. The molecule has 5 rings (SSSR count). The van der Waals surface area contributed by atoms with Crippen molar-refractivity contribution in [3.05, 3.63) is 137 Å². The third-order valence-electron chi connectivity index (χ3n) is 8.41. The van der Waals surface area contributed by atoms with Gasteiger partial charge in [-0.05, 0) is 107 Å². The molecule has 29 heteroatoms. The average molecular weight is 1190 g/mol. The van der Waals surface area contributed by atoms with Crippen molar-refractivity contribution in [1.29, 1.82) is 0 Å². The van der Waals surface area contributed by atoms with Crippen LogP contribution in [0.4, 0.5) is 79.0 Å². The van der Waals surface area contributed by atoms with E-state index in [-0.39, 0.29) is 10.9 Å². The lowest BCUT2D eigenvalue weighted by atomic mass is 10.0. The predicted octanol–water partition coefficient (Wildman–Crippen LogP) is 13.8. The molecule has 0 heterocycles. The summed E-state index contributed by atoms with van der Waals surface area (Å²) in [5.41, 5.74) is 3.86. The first-order valence-electron chi connectivity index (χ1n) is 17.5. The smallest absolute Gasteiger partial charge is 0.460 e. The van der Waals surface area contributed by atoms with Crippen LogP contribution in [-0.4, -0.2) is 72.5 Å². The third-order valence-corrected chi connectivity index (χ3v) is 14.4. The van der Waals surface area contributed by atoms with Crippen molar-refractivity contribution < 1.29 is 105 Å². The van der Waals surface area contributed by atoms with Crippen molar-refractivity contribution in [2.24, 2.45) is 0 Å². The lowest BCUT2D eigenvalue weighted by Gasteiger charge is -2.34. The highest BCUT2D eigenvalue weighted by molar-refractivity contribution is 14.1.